The fourth-order valence-corrected chi connectivity index (χ4v) is 2.42. The van der Waals surface area contributed by atoms with E-state index < -0.39 is 0 Å². The predicted molar refractivity (Wildman–Crippen MR) is 62.1 cm³/mol. The van der Waals surface area contributed by atoms with Crippen LogP contribution >= 0.6 is 0 Å². The van der Waals surface area contributed by atoms with Crippen LogP contribution < -0.4 is 5.73 Å². The molecule has 1 unspecified atom stereocenters. The second kappa shape index (κ2) is 5.40. The molecule has 0 saturated carbocycles. The summed E-state index contributed by atoms with van der Waals surface area (Å²) in [6.45, 7) is 8.68. The minimum Gasteiger partial charge on any atom is -0.402 e. The van der Waals surface area contributed by atoms with Gasteiger partial charge in [-0.3, -0.25) is 4.90 Å². The zero-order valence-corrected chi connectivity index (χ0v) is 9.84. The Morgan fingerprint density at radius 1 is 1.21 bits per heavy atom. The minimum absolute atomic E-state index is 0.688. The van der Waals surface area contributed by atoms with Gasteiger partial charge in [0.1, 0.15) is 0 Å². The highest BCUT2D eigenvalue weighted by atomic mass is 15.2. The molecule has 0 bridgehead atoms. The summed E-state index contributed by atoms with van der Waals surface area (Å²) >= 11 is 0. The molecule has 0 aromatic heterocycles. The molecule has 1 fully saturated rings. The first-order valence-corrected chi connectivity index (χ1v) is 5.98. The van der Waals surface area contributed by atoms with Gasteiger partial charge in [0.2, 0.25) is 0 Å². The van der Waals surface area contributed by atoms with Gasteiger partial charge in [-0.05, 0) is 38.3 Å². The van der Waals surface area contributed by atoms with Crippen LogP contribution in [0.4, 0.5) is 0 Å². The van der Waals surface area contributed by atoms with Crippen molar-refractivity contribution in [3.05, 3.63) is 11.3 Å². The maximum absolute atomic E-state index is 5.94. The largest absolute Gasteiger partial charge is 0.402 e. The highest BCUT2D eigenvalue weighted by molar-refractivity contribution is 5.19. The molecule has 14 heavy (non-hydrogen) atoms. The molecule has 2 N–H and O–H groups in total. The summed E-state index contributed by atoms with van der Waals surface area (Å²) in [6, 6.07) is 0.688. The molecule has 1 saturated heterocycles. The van der Waals surface area contributed by atoms with Crippen LogP contribution in [0.3, 0.4) is 0 Å². The number of piperidine rings is 1. The van der Waals surface area contributed by atoms with Crippen molar-refractivity contribution in [2.24, 2.45) is 5.73 Å². The summed E-state index contributed by atoms with van der Waals surface area (Å²) in [5, 5.41) is 0. The summed E-state index contributed by atoms with van der Waals surface area (Å²) < 4.78 is 0. The summed E-state index contributed by atoms with van der Waals surface area (Å²) in [7, 11) is 0. The third-order valence-corrected chi connectivity index (χ3v) is 3.29. The molecule has 2 aliphatic rings. The third-order valence-electron chi connectivity index (χ3n) is 3.29. The molecule has 2 nitrogen and oxygen atoms in total. The van der Waals surface area contributed by atoms with Crippen LogP contribution in [0.25, 0.3) is 0 Å². The summed E-state index contributed by atoms with van der Waals surface area (Å²) in [4.78, 5) is 2.59. The molecular weight excluding hydrogens is 172 g/mol. The van der Waals surface area contributed by atoms with Crippen molar-refractivity contribution in [1.29, 1.82) is 0 Å². The smallest absolute Gasteiger partial charge is 0.0324 e. The van der Waals surface area contributed by atoms with Crippen molar-refractivity contribution in [2.45, 2.75) is 52.5 Å². The van der Waals surface area contributed by atoms with Crippen LogP contribution in [0.15, 0.2) is 11.3 Å². The first-order chi connectivity index (χ1) is 6.79. The lowest BCUT2D eigenvalue weighted by molar-refractivity contribution is 0.161. The minimum atomic E-state index is 0.688. The van der Waals surface area contributed by atoms with Crippen LogP contribution in [-0.2, 0) is 0 Å². The van der Waals surface area contributed by atoms with Crippen LogP contribution in [-0.4, -0.2) is 24.0 Å². The van der Waals surface area contributed by atoms with E-state index >= 15 is 0 Å². The van der Waals surface area contributed by atoms with E-state index in [1.165, 1.54) is 37.9 Å². The van der Waals surface area contributed by atoms with Crippen molar-refractivity contribution < 1.29 is 0 Å². The first-order valence-electron chi connectivity index (χ1n) is 5.98. The Morgan fingerprint density at radius 2 is 1.93 bits per heavy atom. The van der Waals surface area contributed by atoms with E-state index in [4.69, 9.17) is 5.73 Å². The van der Waals surface area contributed by atoms with E-state index in [-0.39, 0.29) is 0 Å². The van der Waals surface area contributed by atoms with Gasteiger partial charge in [-0.1, -0.05) is 20.3 Å². The van der Waals surface area contributed by atoms with E-state index in [1.807, 2.05) is 13.8 Å². The number of nitrogens with two attached hydrogens (primary N) is 1. The van der Waals surface area contributed by atoms with E-state index in [1.54, 1.807) is 0 Å². The second-order valence-electron chi connectivity index (χ2n) is 4.01. The molecule has 0 amide bonds. The Bertz CT molecular complexity index is 208. The molecule has 0 radical (unpaired) electrons. The number of hydrogen-bond acceptors (Lipinski definition) is 2. The van der Waals surface area contributed by atoms with Crippen LogP contribution in [0.2, 0.25) is 0 Å². The first kappa shape index (κ1) is 11.6. The monoisotopic (exact) mass is 196 g/mol. The van der Waals surface area contributed by atoms with Gasteiger partial charge in [0.05, 0.1) is 0 Å². The molecule has 1 atom stereocenters. The highest BCUT2D eigenvalue weighted by Gasteiger charge is 2.27. The third kappa shape index (κ3) is 2.30. The van der Waals surface area contributed by atoms with Gasteiger partial charge in [0.25, 0.3) is 0 Å². The van der Waals surface area contributed by atoms with Crippen molar-refractivity contribution in [3.8, 4) is 0 Å². The predicted octanol–water partition coefficient (Wildman–Crippen LogP) is 2.50. The zero-order valence-electron chi connectivity index (χ0n) is 9.84. The summed E-state index contributed by atoms with van der Waals surface area (Å²) in [5.74, 6) is 0. The van der Waals surface area contributed by atoms with Crippen molar-refractivity contribution in [2.75, 3.05) is 13.1 Å². The Kier molecular flexibility index (Phi) is 4.46. The lowest BCUT2D eigenvalue weighted by Crippen LogP contribution is -2.44. The number of fused-ring (bicyclic) bond motifs is 1. The Hall–Kier alpha value is -0.500. The number of hydrogen-bond donors (Lipinski definition) is 1. The number of nitrogens with zero attached hydrogens (tertiary/aromatic N) is 1. The maximum Gasteiger partial charge on any atom is 0.0324 e. The van der Waals surface area contributed by atoms with E-state index in [0.29, 0.717) is 6.04 Å². The Morgan fingerprint density at radius 3 is 2.64 bits per heavy atom. The SMILES string of the molecule is CC.CC1=C(N)CCN2CCCCC12. The molecule has 2 aliphatic heterocycles. The lowest BCUT2D eigenvalue weighted by Gasteiger charge is -2.40. The number of rotatable bonds is 0. The van der Waals surface area contributed by atoms with Gasteiger partial charge in [-0.2, -0.15) is 0 Å². The van der Waals surface area contributed by atoms with Gasteiger partial charge in [0.15, 0.2) is 0 Å². The molecular formula is C12H24N2. The quantitative estimate of drug-likeness (QED) is 0.645. The molecule has 82 valence electrons. The second-order valence-corrected chi connectivity index (χ2v) is 4.01. The van der Waals surface area contributed by atoms with Crippen molar-refractivity contribution in [1.82, 2.24) is 4.90 Å². The summed E-state index contributed by atoms with van der Waals surface area (Å²) in [5.41, 5.74) is 8.53. The Labute approximate surface area is 88.2 Å². The van der Waals surface area contributed by atoms with Gasteiger partial charge in [0, 0.05) is 18.3 Å². The van der Waals surface area contributed by atoms with Gasteiger partial charge >= 0.3 is 0 Å². The fraction of sp³-hybridized carbons (Fsp3) is 0.833. The molecule has 2 heteroatoms. The zero-order chi connectivity index (χ0) is 10.6. The van der Waals surface area contributed by atoms with E-state index in [9.17, 15) is 0 Å². The summed E-state index contributed by atoms with van der Waals surface area (Å²) in [6.07, 6.45) is 5.17. The van der Waals surface area contributed by atoms with Crippen LogP contribution in [0.5, 0.6) is 0 Å². The normalized spacial score (nSPS) is 27.8. The van der Waals surface area contributed by atoms with Gasteiger partial charge < -0.3 is 5.73 Å². The van der Waals surface area contributed by atoms with Gasteiger partial charge in [-0.25, -0.2) is 0 Å². The average Bonchev–Trinajstić information content (AvgIpc) is 2.27. The topological polar surface area (TPSA) is 29.3 Å². The molecule has 2 heterocycles. The van der Waals surface area contributed by atoms with Gasteiger partial charge in [-0.15, -0.1) is 0 Å². The molecule has 0 aliphatic carbocycles. The molecule has 0 spiro atoms. The van der Waals surface area contributed by atoms with Crippen molar-refractivity contribution in [3.63, 3.8) is 0 Å². The standard InChI is InChI=1S/C10H18N2.C2H6/c1-8-9(11)5-7-12-6-3-2-4-10(8)12;1-2/h10H,2-7,11H2,1H3;1-2H3. The van der Waals surface area contributed by atoms with Crippen LogP contribution in [0.1, 0.15) is 46.5 Å². The van der Waals surface area contributed by atoms with E-state index in [2.05, 4.69) is 11.8 Å². The Balaban J connectivity index is 0.000000461. The molecule has 2 rings (SSSR count). The lowest BCUT2D eigenvalue weighted by atomic mass is 9.91. The van der Waals surface area contributed by atoms with Crippen LogP contribution in [0, 0.1) is 0 Å². The molecule has 0 aromatic carbocycles. The van der Waals surface area contributed by atoms with E-state index in [0.717, 1.165) is 12.1 Å². The fourth-order valence-electron chi connectivity index (χ4n) is 2.42. The highest BCUT2D eigenvalue weighted by Crippen LogP contribution is 2.28. The average molecular weight is 196 g/mol. The molecule has 0 aromatic rings. The van der Waals surface area contributed by atoms with Crippen molar-refractivity contribution >= 4 is 0 Å². The maximum atomic E-state index is 5.94.